The molecule has 0 aromatic rings. The summed E-state index contributed by atoms with van der Waals surface area (Å²) in [5.41, 5.74) is 0. The predicted molar refractivity (Wildman–Crippen MR) is 59.4 cm³/mol. The number of hydrogen-bond acceptors (Lipinski definition) is 2. The summed E-state index contributed by atoms with van der Waals surface area (Å²) in [5.74, 6) is 0.128. The van der Waals surface area contributed by atoms with Crippen molar-refractivity contribution in [3.63, 3.8) is 0 Å². The van der Waals surface area contributed by atoms with Crippen molar-refractivity contribution in [2.75, 3.05) is 6.54 Å². The summed E-state index contributed by atoms with van der Waals surface area (Å²) in [6.45, 7) is 2.52. The zero-order valence-electron chi connectivity index (χ0n) is 9.29. The highest BCUT2D eigenvalue weighted by Crippen LogP contribution is 2.18. The Morgan fingerprint density at radius 3 is 3.07 bits per heavy atom. The van der Waals surface area contributed by atoms with Gasteiger partial charge in [-0.2, -0.15) is 0 Å². The van der Waals surface area contributed by atoms with E-state index in [0.29, 0.717) is 19.4 Å². The smallest absolute Gasteiger partial charge is 0.220 e. The molecule has 0 saturated heterocycles. The van der Waals surface area contributed by atoms with Crippen LogP contribution in [0.4, 0.5) is 0 Å². The van der Waals surface area contributed by atoms with Gasteiger partial charge in [-0.1, -0.05) is 12.2 Å². The van der Waals surface area contributed by atoms with Crippen LogP contribution in [-0.2, 0) is 9.59 Å². The van der Waals surface area contributed by atoms with E-state index in [1.807, 2.05) is 13.0 Å². The topological polar surface area (TPSA) is 46.2 Å². The van der Waals surface area contributed by atoms with E-state index in [-0.39, 0.29) is 17.6 Å². The van der Waals surface area contributed by atoms with E-state index in [9.17, 15) is 9.59 Å². The summed E-state index contributed by atoms with van der Waals surface area (Å²) in [6, 6.07) is 0. The first-order valence-corrected chi connectivity index (χ1v) is 5.68. The van der Waals surface area contributed by atoms with Crippen molar-refractivity contribution in [1.29, 1.82) is 0 Å². The van der Waals surface area contributed by atoms with Crippen LogP contribution in [-0.4, -0.2) is 18.2 Å². The summed E-state index contributed by atoms with van der Waals surface area (Å²) >= 11 is 0. The fraction of sp³-hybridized carbons (Fsp3) is 0.667. The van der Waals surface area contributed by atoms with Gasteiger partial charge in [0.2, 0.25) is 5.91 Å². The summed E-state index contributed by atoms with van der Waals surface area (Å²) in [7, 11) is 0. The molecule has 0 bridgehead atoms. The number of carbonyl (C=O) groups is 2. The molecule has 1 unspecified atom stereocenters. The van der Waals surface area contributed by atoms with Crippen LogP contribution in [0, 0.1) is 5.92 Å². The van der Waals surface area contributed by atoms with Crippen molar-refractivity contribution in [3.05, 3.63) is 12.2 Å². The van der Waals surface area contributed by atoms with Gasteiger partial charge in [0.05, 0.1) is 0 Å². The van der Waals surface area contributed by atoms with Crippen molar-refractivity contribution in [1.82, 2.24) is 5.32 Å². The van der Waals surface area contributed by atoms with Crippen molar-refractivity contribution >= 4 is 11.7 Å². The molecule has 0 fully saturated rings. The second-order valence-corrected chi connectivity index (χ2v) is 3.92. The highest BCUT2D eigenvalue weighted by atomic mass is 16.2. The number of hydrogen-bond donors (Lipinski definition) is 1. The van der Waals surface area contributed by atoms with Crippen LogP contribution in [0.2, 0.25) is 0 Å². The Bertz CT molecular complexity index is 258. The monoisotopic (exact) mass is 209 g/mol. The molecule has 0 aliphatic heterocycles. The lowest BCUT2D eigenvalue weighted by Gasteiger charge is -2.15. The number of ketones is 1. The molecule has 1 amide bonds. The standard InChI is InChI=1S/C12H19NO2/c1-2-13-12(15)9-10-7-5-3-4-6-8-11(10)14/h3,5,10H,2,4,6-9H2,1H3,(H,13,15)/b5-3+. The normalized spacial score (nSPS) is 24.1. The third kappa shape index (κ3) is 4.28. The van der Waals surface area contributed by atoms with Gasteiger partial charge in [0, 0.05) is 25.3 Å². The SMILES string of the molecule is CCNC(=O)CC1C/C=C/CCCC1=O. The number of allylic oxidation sites excluding steroid dienone is 2. The van der Waals surface area contributed by atoms with Crippen molar-refractivity contribution in [2.24, 2.45) is 5.92 Å². The maximum atomic E-state index is 11.7. The van der Waals surface area contributed by atoms with Gasteiger partial charge >= 0.3 is 0 Å². The lowest BCUT2D eigenvalue weighted by atomic mass is 9.90. The fourth-order valence-corrected chi connectivity index (χ4v) is 1.80. The van der Waals surface area contributed by atoms with Gasteiger partial charge in [0.25, 0.3) is 0 Å². The predicted octanol–water partition coefficient (Wildman–Crippen LogP) is 1.83. The van der Waals surface area contributed by atoms with Crippen LogP contribution in [0.5, 0.6) is 0 Å². The summed E-state index contributed by atoms with van der Waals surface area (Å²) in [4.78, 5) is 23.1. The number of nitrogens with one attached hydrogen (secondary N) is 1. The quantitative estimate of drug-likeness (QED) is 0.721. The van der Waals surface area contributed by atoms with E-state index in [1.165, 1.54) is 0 Å². The Morgan fingerprint density at radius 2 is 2.33 bits per heavy atom. The molecule has 3 heteroatoms. The molecule has 0 aromatic carbocycles. The van der Waals surface area contributed by atoms with E-state index >= 15 is 0 Å². The molecular formula is C12H19NO2. The van der Waals surface area contributed by atoms with E-state index < -0.39 is 0 Å². The largest absolute Gasteiger partial charge is 0.356 e. The minimum atomic E-state index is -0.104. The molecular weight excluding hydrogens is 190 g/mol. The molecule has 0 spiro atoms. The Kier molecular flexibility index (Phi) is 5.08. The van der Waals surface area contributed by atoms with Gasteiger partial charge in [0.15, 0.2) is 0 Å². The molecule has 1 aliphatic carbocycles. The molecule has 1 atom stereocenters. The summed E-state index contributed by atoms with van der Waals surface area (Å²) < 4.78 is 0. The Hall–Kier alpha value is -1.12. The van der Waals surface area contributed by atoms with Crippen LogP contribution in [0.15, 0.2) is 12.2 Å². The third-order valence-corrected chi connectivity index (χ3v) is 2.64. The zero-order valence-corrected chi connectivity index (χ0v) is 9.29. The van der Waals surface area contributed by atoms with Crippen LogP contribution in [0.25, 0.3) is 0 Å². The average molecular weight is 209 g/mol. The highest BCUT2D eigenvalue weighted by Gasteiger charge is 2.20. The molecule has 0 radical (unpaired) electrons. The van der Waals surface area contributed by atoms with E-state index in [4.69, 9.17) is 0 Å². The van der Waals surface area contributed by atoms with Crippen LogP contribution in [0.3, 0.4) is 0 Å². The summed E-state index contributed by atoms with van der Waals surface area (Å²) in [5, 5.41) is 2.73. The van der Waals surface area contributed by atoms with E-state index in [0.717, 1.165) is 19.3 Å². The first kappa shape index (κ1) is 12.0. The van der Waals surface area contributed by atoms with Gasteiger partial charge in [0.1, 0.15) is 5.78 Å². The first-order valence-electron chi connectivity index (χ1n) is 5.68. The zero-order chi connectivity index (χ0) is 11.1. The van der Waals surface area contributed by atoms with Crippen LogP contribution in [0.1, 0.15) is 39.0 Å². The van der Waals surface area contributed by atoms with Crippen molar-refractivity contribution in [2.45, 2.75) is 39.0 Å². The molecule has 15 heavy (non-hydrogen) atoms. The lowest BCUT2D eigenvalue weighted by molar-refractivity contribution is -0.129. The van der Waals surface area contributed by atoms with E-state index in [1.54, 1.807) is 0 Å². The third-order valence-electron chi connectivity index (χ3n) is 2.64. The second kappa shape index (κ2) is 6.38. The van der Waals surface area contributed by atoms with Gasteiger partial charge in [-0.3, -0.25) is 9.59 Å². The molecule has 1 aliphatic rings. The number of carbonyl (C=O) groups excluding carboxylic acids is 2. The van der Waals surface area contributed by atoms with Gasteiger partial charge in [-0.05, 0) is 26.2 Å². The molecule has 0 heterocycles. The van der Waals surface area contributed by atoms with Gasteiger partial charge < -0.3 is 5.32 Å². The number of amides is 1. The first-order chi connectivity index (χ1) is 7.24. The minimum absolute atomic E-state index is 0.00942. The molecule has 0 saturated carbocycles. The molecule has 3 nitrogen and oxygen atoms in total. The van der Waals surface area contributed by atoms with Crippen molar-refractivity contribution < 1.29 is 9.59 Å². The maximum absolute atomic E-state index is 11.7. The van der Waals surface area contributed by atoms with Gasteiger partial charge in [-0.15, -0.1) is 0 Å². The Balaban J connectivity index is 2.49. The molecule has 0 aromatic heterocycles. The highest BCUT2D eigenvalue weighted by molar-refractivity contribution is 5.87. The number of Topliss-reactive ketones (excluding diaryl/α,β-unsaturated/α-hetero) is 1. The lowest BCUT2D eigenvalue weighted by Crippen LogP contribution is -2.28. The van der Waals surface area contributed by atoms with Crippen LogP contribution < -0.4 is 5.32 Å². The molecule has 1 rings (SSSR count). The van der Waals surface area contributed by atoms with Gasteiger partial charge in [-0.25, -0.2) is 0 Å². The molecule has 84 valence electrons. The summed E-state index contributed by atoms with van der Waals surface area (Å²) in [6.07, 6.45) is 7.72. The number of rotatable bonds is 3. The van der Waals surface area contributed by atoms with E-state index in [2.05, 4.69) is 11.4 Å². The molecule has 1 N–H and O–H groups in total. The minimum Gasteiger partial charge on any atom is -0.356 e. The Labute approximate surface area is 90.9 Å². The van der Waals surface area contributed by atoms with Crippen molar-refractivity contribution in [3.8, 4) is 0 Å². The van der Waals surface area contributed by atoms with Crippen LogP contribution >= 0.6 is 0 Å². The Morgan fingerprint density at radius 1 is 1.53 bits per heavy atom. The average Bonchev–Trinajstić information content (AvgIpc) is 2.18. The fourth-order valence-electron chi connectivity index (χ4n) is 1.80. The second-order valence-electron chi connectivity index (χ2n) is 3.92. The maximum Gasteiger partial charge on any atom is 0.220 e.